The number of aliphatic imine (C=N–C) groups is 1. The number of benzene rings is 1. The Balaban J connectivity index is 0.00000196. The Morgan fingerprint density at radius 2 is 2.27 bits per heavy atom. The molecule has 0 aliphatic rings. The number of rotatable bonds is 1. The molecule has 0 aromatic heterocycles. The van der Waals surface area contributed by atoms with Gasteiger partial charge in [-0.2, -0.15) is 5.26 Å². The van der Waals surface area contributed by atoms with Gasteiger partial charge in [-0.05, 0) is 18.6 Å². The summed E-state index contributed by atoms with van der Waals surface area (Å²) < 4.78 is 13.2. The van der Waals surface area contributed by atoms with Gasteiger partial charge in [0.05, 0.1) is 5.69 Å². The summed E-state index contributed by atoms with van der Waals surface area (Å²) in [5.74, 6) is -0.398. The van der Waals surface area contributed by atoms with Crippen LogP contribution in [0, 0.1) is 24.2 Å². The zero-order chi connectivity index (χ0) is 10.6. The SMILES string of the molecule is Cc1cccc(F)c1NC(S)=NC#N.[NaH]. The summed E-state index contributed by atoms with van der Waals surface area (Å²) in [7, 11) is 0. The molecule has 74 valence electrons. The Bertz CT molecular complexity index is 394. The van der Waals surface area contributed by atoms with Gasteiger partial charge in [-0.15, -0.1) is 17.6 Å². The number of anilines is 1. The van der Waals surface area contributed by atoms with E-state index in [0.717, 1.165) is 5.56 Å². The van der Waals surface area contributed by atoms with E-state index >= 15 is 0 Å². The van der Waals surface area contributed by atoms with Crippen molar-refractivity contribution in [1.82, 2.24) is 0 Å². The summed E-state index contributed by atoms with van der Waals surface area (Å²) in [5.41, 5.74) is 1.01. The standard InChI is InChI=1S/C9H8FN3S.Na.H/c1-6-3-2-4-7(10)8(6)13-9(14)12-5-11;;/h2-4H,1H3,(H2,12,13,14);;. The summed E-state index contributed by atoms with van der Waals surface area (Å²) in [5, 5.41) is 10.9. The maximum absolute atomic E-state index is 13.2. The van der Waals surface area contributed by atoms with Gasteiger partial charge in [0.15, 0.2) is 5.17 Å². The molecule has 0 saturated heterocycles. The van der Waals surface area contributed by atoms with Crippen LogP contribution < -0.4 is 5.32 Å². The number of halogens is 1. The first-order valence-electron chi connectivity index (χ1n) is 3.83. The second-order valence-electron chi connectivity index (χ2n) is 2.59. The summed E-state index contributed by atoms with van der Waals surface area (Å²) in [6, 6.07) is 4.68. The van der Waals surface area contributed by atoms with Crippen LogP contribution in [0.2, 0.25) is 0 Å². The molecule has 3 nitrogen and oxygen atoms in total. The zero-order valence-electron chi connectivity index (χ0n) is 7.45. The number of nitrogens with one attached hydrogen (secondary N) is 1. The second-order valence-corrected chi connectivity index (χ2v) is 3.02. The predicted molar refractivity (Wildman–Crippen MR) is 63.9 cm³/mol. The first-order valence-corrected chi connectivity index (χ1v) is 4.27. The van der Waals surface area contributed by atoms with E-state index in [0.29, 0.717) is 0 Å². The predicted octanol–water partition coefficient (Wildman–Crippen LogP) is 1.66. The number of aryl methyl sites for hydroxylation is 1. The Morgan fingerprint density at radius 3 is 2.80 bits per heavy atom. The molecule has 1 aromatic rings. The molecule has 6 heteroatoms. The van der Waals surface area contributed by atoms with Gasteiger partial charge in [0.2, 0.25) is 6.19 Å². The molecule has 1 rings (SSSR count). The van der Waals surface area contributed by atoms with Crippen LogP contribution in [0.25, 0.3) is 0 Å². The Hall–Kier alpha value is -0.540. The number of nitrogens with zero attached hydrogens (tertiary/aromatic N) is 2. The molecule has 0 unspecified atom stereocenters. The van der Waals surface area contributed by atoms with E-state index in [2.05, 4.69) is 22.9 Å². The molecule has 0 heterocycles. The van der Waals surface area contributed by atoms with Gasteiger partial charge >= 0.3 is 29.6 Å². The molecule has 0 bridgehead atoms. The average molecular weight is 233 g/mol. The van der Waals surface area contributed by atoms with Crippen LogP contribution in [0.1, 0.15) is 5.56 Å². The van der Waals surface area contributed by atoms with Crippen LogP contribution >= 0.6 is 12.6 Å². The maximum atomic E-state index is 13.2. The van der Waals surface area contributed by atoms with Crippen molar-refractivity contribution in [1.29, 1.82) is 5.26 Å². The topological polar surface area (TPSA) is 48.2 Å². The van der Waals surface area contributed by atoms with Crippen molar-refractivity contribution >= 4 is 53.0 Å². The van der Waals surface area contributed by atoms with E-state index in [-0.39, 0.29) is 40.4 Å². The third kappa shape index (κ3) is 4.22. The van der Waals surface area contributed by atoms with Gasteiger partial charge in [0.25, 0.3) is 0 Å². The first-order chi connectivity index (χ1) is 6.65. The van der Waals surface area contributed by atoms with Crippen molar-refractivity contribution < 1.29 is 4.39 Å². The van der Waals surface area contributed by atoms with Gasteiger partial charge in [-0.1, -0.05) is 12.1 Å². The molecule has 15 heavy (non-hydrogen) atoms. The summed E-state index contributed by atoms with van der Waals surface area (Å²) >= 11 is 3.87. The molecular formula is C9H9FN3NaS. The van der Waals surface area contributed by atoms with E-state index in [1.807, 2.05) is 0 Å². The van der Waals surface area contributed by atoms with Gasteiger partial charge < -0.3 is 5.32 Å². The molecule has 0 spiro atoms. The fourth-order valence-corrected chi connectivity index (χ4v) is 1.13. The van der Waals surface area contributed by atoms with Crippen LogP contribution in [0.15, 0.2) is 23.2 Å². The number of thiol groups is 1. The molecule has 0 saturated carbocycles. The van der Waals surface area contributed by atoms with Crippen molar-refractivity contribution in [3.05, 3.63) is 29.6 Å². The normalized spacial score (nSPS) is 10.1. The zero-order valence-corrected chi connectivity index (χ0v) is 8.35. The molecule has 1 aromatic carbocycles. The Morgan fingerprint density at radius 1 is 1.60 bits per heavy atom. The van der Waals surface area contributed by atoms with Crippen molar-refractivity contribution in [2.24, 2.45) is 4.99 Å². The van der Waals surface area contributed by atoms with Crippen LogP contribution in [-0.4, -0.2) is 34.7 Å². The van der Waals surface area contributed by atoms with E-state index in [1.165, 1.54) is 6.07 Å². The summed E-state index contributed by atoms with van der Waals surface area (Å²) in [6.07, 6.45) is 1.55. The fourth-order valence-electron chi connectivity index (χ4n) is 0.977. The van der Waals surface area contributed by atoms with Crippen molar-refractivity contribution in [3.63, 3.8) is 0 Å². The van der Waals surface area contributed by atoms with Crippen molar-refractivity contribution in [2.75, 3.05) is 5.32 Å². The van der Waals surface area contributed by atoms with Crippen LogP contribution in [-0.2, 0) is 0 Å². The van der Waals surface area contributed by atoms with Gasteiger partial charge in [0.1, 0.15) is 5.82 Å². The van der Waals surface area contributed by atoms with Crippen LogP contribution in [0.3, 0.4) is 0 Å². The molecule has 1 N–H and O–H groups in total. The number of hydrogen-bond donors (Lipinski definition) is 2. The third-order valence-corrected chi connectivity index (χ3v) is 1.83. The molecule has 0 aliphatic carbocycles. The molecule has 0 radical (unpaired) electrons. The monoisotopic (exact) mass is 233 g/mol. The number of hydrogen-bond acceptors (Lipinski definition) is 2. The Labute approximate surface area is 115 Å². The van der Waals surface area contributed by atoms with E-state index in [1.54, 1.807) is 25.2 Å². The van der Waals surface area contributed by atoms with E-state index in [4.69, 9.17) is 5.26 Å². The first kappa shape index (κ1) is 14.5. The fraction of sp³-hybridized carbons (Fsp3) is 0.111. The summed E-state index contributed by atoms with van der Waals surface area (Å²) in [4.78, 5) is 3.31. The van der Waals surface area contributed by atoms with E-state index in [9.17, 15) is 4.39 Å². The Kier molecular flexibility index (Phi) is 6.61. The number of amidine groups is 1. The van der Waals surface area contributed by atoms with E-state index < -0.39 is 5.82 Å². The second kappa shape index (κ2) is 6.85. The van der Waals surface area contributed by atoms with Crippen molar-refractivity contribution in [2.45, 2.75) is 6.92 Å². The van der Waals surface area contributed by atoms with Gasteiger partial charge in [0, 0.05) is 0 Å². The molecule has 0 fully saturated rings. The molecule has 0 atom stereocenters. The van der Waals surface area contributed by atoms with Crippen LogP contribution in [0.5, 0.6) is 0 Å². The molecule has 0 aliphatic heterocycles. The summed E-state index contributed by atoms with van der Waals surface area (Å²) in [6.45, 7) is 1.75. The van der Waals surface area contributed by atoms with Gasteiger partial charge in [-0.3, -0.25) is 0 Å². The number of nitriles is 1. The van der Waals surface area contributed by atoms with Crippen LogP contribution in [0.4, 0.5) is 10.1 Å². The minimum absolute atomic E-state index is 0. The molecular weight excluding hydrogens is 224 g/mol. The quantitative estimate of drug-likeness (QED) is 0.255. The molecule has 0 amide bonds. The average Bonchev–Trinajstić information content (AvgIpc) is 2.12. The van der Waals surface area contributed by atoms with Gasteiger partial charge in [-0.25, -0.2) is 4.39 Å². The number of para-hydroxylation sites is 1. The third-order valence-electron chi connectivity index (χ3n) is 1.61. The minimum atomic E-state index is -0.398. The van der Waals surface area contributed by atoms with Crippen molar-refractivity contribution in [3.8, 4) is 6.19 Å².